The van der Waals surface area contributed by atoms with Gasteiger partial charge in [0.1, 0.15) is 5.56 Å². The predicted octanol–water partition coefficient (Wildman–Crippen LogP) is 3.50. The van der Waals surface area contributed by atoms with Crippen LogP contribution in [0.4, 0.5) is 5.69 Å². The second-order valence-electron chi connectivity index (χ2n) is 7.78. The number of carbonyl (C=O) groups is 1. The molecule has 164 valence electrons. The quantitative estimate of drug-likeness (QED) is 0.612. The van der Waals surface area contributed by atoms with Crippen LogP contribution in [0.15, 0.2) is 52.3 Å². The van der Waals surface area contributed by atoms with Gasteiger partial charge in [0.25, 0.3) is 15.9 Å². The maximum atomic E-state index is 13.3. The lowest BCUT2D eigenvalue weighted by molar-refractivity contribution is 0.0938. The molecule has 0 fully saturated rings. The molecular formula is C23H27N3O4S. The highest BCUT2D eigenvalue weighted by atomic mass is 32.2. The maximum absolute atomic E-state index is 13.3. The first-order valence-electron chi connectivity index (χ1n) is 10.1. The van der Waals surface area contributed by atoms with Gasteiger partial charge in [0.05, 0.1) is 10.6 Å². The number of benzene rings is 2. The Hall–Kier alpha value is -3.13. The number of carbonyl (C=O) groups excluding carboxylic acids is 1. The fourth-order valence-electron chi connectivity index (χ4n) is 3.28. The summed E-state index contributed by atoms with van der Waals surface area (Å²) in [5, 5.41) is 2.91. The average molecular weight is 442 g/mol. The number of anilines is 1. The van der Waals surface area contributed by atoms with E-state index >= 15 is 0 Å². The molecule has 0 bridgehead atoms. The van der Waals surface area contributed by atoms with E-state index in [1.54, 1.807) is 6.07 Å². The molecule has 1 aromatic heterocycles. The van der Waals surface area contributed by atoms with E-state index in [1.165, 1.54) is 35.7 Å². The van der Waals surface area contributed by atoms with Crippen molar-refractivity contribution < 1.29 is 13.2 Å². The zero-order valence-electron chi connectivity index (χ0n) is 18.3. The first-order chi connectivity index (χ1) is 14.6. The van der Waals surface area contributed by atoms with Gasteiger partial charge in [-0.3, -0.25) is 13.9 Å². The lowest BCUT2D eigenvalue weighted by Gasteiger charge is -2.22. The Labute approximate surface area is 182 Å². The number of nitrogens with zero attached hydrogens (tertiary/aromatic N) is 1. The van der Waals surface area contributed by atoms with Crippen LogP contribution in [0, 0.1) is 13.8 Å². The lowest BCUT2D eigenvalue weighted by atomic mass is 10.1. The van der Waals surface area contributed by atoms with Crippen LogP contribution in [-0.4, -0.2) is 32.4 Å². The number of hydrogen-bond acceptors (Lipinski definition) is 4. The first kappa shape index (κ1) is 22.6. The molecule has 1 atom stereocenters. The number of sulfonamides is 1. The summed E-state index contributed by atoms with van der Waals surface area (Å²) in [6.45, 7) is 7.51. The highest BCUT2D eigenvalue weighted by Gasteiger charge is 2.24. The number of aryl methyl sites for hydroxylation is 2. The van der Waals surface area contributed by atoms with Gasteiger partial charge in [-0.1, -0.05) is 19.1 Å². The molecule has 31 heavy (non-hydrogen) atoms. The maximum Gasteiger partial charge on any atom is 0.264 e. The standard InChI is InChI=1S/C23H27N3O4S/c1-6-16(4)25-23(28)19-13-24-20-10-9-17(12-18(20)22(19)27)31(29,30)26(5)21-11-14(2)7-8-15(21)3/h7-13,16H,6H2,1-5H3,(H,24,27)(H,25,28)/t16-/m1/s1. The molecule has 0 aliphatic carbocycles. The Balaban J connectivity index is 2.08. The molecule has 0 unspecified atom stereocenters. The molecule has 1 amide bonds. The van der Waals surface area contributed by atoms with Gasteiger partial charge in [0.2, 0.25) is 5.43 Å². The van der Waals surface area contributed by atoms with Crippen molar-refractivity contribution >= 4 is 32.5 Å². The summed E-state index contributed by atoms with van der Waals surface area (Å²) < 4.78 is 27.8. The zero-order valence-corrected chi connectivity index (χ0v) is 19.1. The van der Waals surface area contributed by atoms with Gasteiger partial charge in [0.15, 0.2) is 0 Å². The van der Waals surface area contributed by atoms with Crippen molar-refractivity contribution in [3.05, 3.63) is 69.5 Å². The van der Waals surface area contributed by atoms with Crippen LogP contribution in [0.2, 0.25) is 0 Å². The normalized spacial score (nSPS) is 12.5. The third-order valence-electron chi connectivity index (χ3n) is 5.45. The monoisotopic (exact) mass is 441 g/mol. The second-order valence-corrected chi connectivity index (χ2v) is 9.75. The molecule has 2 N–H and O–H groups in total. The second kappa shape index (κ2) is 8.55. The molecule has 0 saturated heterocycles. The minimum atomic E-state index is -3.92. The summed E-state index contributed by atoms with van der Waals surface area (Å²) in [5.41, 5.74) is 2.22. The van der Waals surface area contributed by atoms with E-state index in [0.717, 1.165) is 17.5 Å². The molecule has 0 spiro atoms. The van der Waals surface area contributed by atoms with E-state index in [4.69, 9.17) is 0 Å². The van der Waals surface area contributed by atoms with Crippen LogP contribution in [0.1, 0.15) is 41.8 Å². The summed E-state index contributed by atoms with van der Waals surface area (Å²) in [6, 6.07) is 9.82. The van der Waals surface area contributed by atoms with Crippen molar-refractivity contribution in [3.63, 3.8) is 0 Å². The predicted molar refractivity (Wildman–Crippen MR) is 123 cm³/mol. The van der Waals surface area contributed by atoms with Crippen molar-refractivity contribution in [2.75, 3.05) is 11.4 Å². The SMILES string of the molecule is CC[C@@H](C)NC(=O)c1c[nH]c2ccc(S(=O)(=O)N(C)c3cc(C)ccc3C)cc2c1=O. The van der Waals surface area contributed by atoms with Gasteiger partial charge in [-0.05, 0) is 62.6 Å². The molecule has 1 heterocycles. The minimum absolute atomic E-state index is 0.0200. The fourth-order valence-corrected chi connectivity index (χ4v) is 4.56. The van der Waals surface area contributed by atoms with Gasteiger partial charge >= 0.3 is 0 Å². The number of hydrogen-bond donors (Lipinski definition) is 2. The van der Waals surface area contributed by atoms with Crippen LogP contribution < -0.4 is 15.1 Å². The highest BCUT2D eigenvalue weighted by Crippen LogP contribution is 2.27. The molecule has 3 aromatic rings. The van der Waals surface area contributed by atoms with Gasteiger partial charge in [-0.15, -0.1) is 0 Å². The third kappa shape index (κ3) is 4.34. The Bertz CT molecular complexity index is 1310. The van der Waals surface area contributed by atoms with Crippen molar-refractivity contribution in [2.45, 2.75) is 45.1 Å². The number of rotatable bonds is 6. The van der Waals surface area contributed by atoms with Crippen LogP contribution >= 0.6 is 0 Å². The summed E-state index contributed by atoms with van der Waals surface area (Å²) in [4.78, 5) is 28.3. The Morgan fingerprint density at radius 3 is 2.55 bits per heavy atom. The topological polar surface area (TPSA) is 99.3 Å². The van der Waals surface area contributed by atoms with Gasteiger partial charge in [-0.2, -0.15) is 0 Å². The summed E-state index contributed by atoms with van der Waals surface area (Å²) in [7, 11) is -2.43. The lowest BCUT2D eigenvalue weighted by Crippen LogP contribution is -2.35. The Kier molecular flexibility index (Phi) is 6.22. The molecule has 0 aliphatic heterocycles. The molecular weight excluding hydrogens is 414 g/mol. The number of nitrogens with one attached hydrogen (secondary N) is 2. The van der Waals surface area contributed by atoms with E-state index in [0.29, 0.717) is 11.2 Å². The van der Waals surface area contributed by atoms with E-state index in [-0.39, 0.29) is 21.9 Å². The number of pyridine rings is 1. The van der Waals surface area contributed by atoms with Crippen LogP contribution in [-0.2, 0) is 10.0 Å². The molecule has 8 heteroatoms. The average Bonchev–Trinajstić information content (AvgIpc) is 2.74. The molecule has 3 rings (SSSR count). The van der Waals surface area contributed by atoms with Gasteiger partial charge in [-0.25, -0.2) is 8.42 Å². The Morgan fingerprint density at radius 1 is 1.16 bits per heavy atom. The smallest absolute Gasteiger partial charge is 0.264 e. The molecule has 0 aliphatic rings. The summed E-state index contributed by atoms with van der Waals surface area (Å²) >= 11 is 0. The van der Waals surface area contributed by atoms with Gasteiger partial charge in [0, 0.05) is 30.2 Å². The number of aromatic nitrogens is 1. The molecule has 0 radical (unpaired) electrons. The molecule has 7 nitrogen and oxygen atoms in total. The summed E-state index contributed by atoms with van der Waals surface area (Å²) in [6.07, 6.45) is 2.09. The van der Waals surface area contributed by atoms with E-state index in [9.17, 15) is 18.0 Å². The minimum Gasteiger partial charge on any atom is -0.360 e. The van der Waals surface area contributed by atoms with Crippen molar-refractivity contribution in [1.82, 2.24) is 10.3 Å². The van der Waals surface area contributed by atoms with Crippen molar-refractivity contribution in [2.24, 2.45) is 0 Å². The summed E-state index contributed by atoms with van der Waals surface area (Å²) in [5.74, 6) is -0.488. The van der Waals surface area contributed by atoms with Crippen molar-refractivity contribution in [3.8, 4) is 0 Å². The Morgan fingerprint density at radius 2 is 1.87 bits per heavy atom. The van der Waals surface area contributed by atoms with E-state index < -0.39 is 21.4 Å². The molecule has 2 aromatic carbocycles. The largest absolute Gasteiger partial charge is 0.360 e. The number of aromatic amines is 1. The number of amides is 1. The first-order valence-corrected chi connectivity index (χ1v) is 11.5. The van der Waals surface area contributed by atoms with E-state index in [1.807, 2.05) is 39.8 Å². The third-order valence-corrected chi connectivity index (χ3v) is 7.22. The number of fused-ring (bicyclic) bond motifs is 1. The zero-order chi connectivity index (χ0) is 22.9. The van der Waals surface area contributed by atoms with Gasteiger partial charge < -0.3 is 10.3 Å². The molecule has 0 saturated carbocycles. The van der Waals surface area contributed by atoms with Crippen molar-refractivity contribution in [1.29, 1.82) is 0 Å². The fraction of sp³-hybridized carbons (Fsp3) is 0.304. The van der Waals surface area contributed by atoms with Crippen LogP contribution in [0.25, 0.3) is 10.9 Å². The van der Waals surface area contributed by atoms with Crippen LogP contribution in [0.3, 0.4) is 0 Å². The number of H-pyrrole nitrogens is 1. The van der Waals surface area contributed by atoms with E-state index in [2.05, 4.69) is 10.3 Å². The highest BCUT2D eigenvalue weighted by molar-refractivity contribution is 7.92. The van der Waals surface area contributed by atoms with Crippen LogP contribution in [0.5, 0.6) is 0 Å².